The number of hydrogen-bond acceptors (Lipinski definition) is 3. The summed E-state index contributed by atoms with van der Waals surface area (Å²) in [6.45, 7) is 6.77. The molecule has 1 atom stereocenters. The van der Waals surface area contributed by atoms with Gasteiger partial charge in [-0.1, -0.05) is 24.6 Å². The lowest BCUT2D eigenvalue weighted by atomic mass is 10.1. The standard InChI is InChI=1S/C17H25N3O.ClH/c1-12-8-7-9-13(2)16(12)20-17(21)14(3)19-15-10-5-4-6-11-18-15;/h7-9,14H,4-6,10-11H2,1-3H3,(H,18,19)(H,20,21);1H. The number of aryl methyl sites for hydroxylation is 2. The maximum absolute atomic E-state index is 12.3. The first-order valence-electron chi connectivity index (χ1n) is 7.75. The molecule has 1 amide bonds. The minimum absolute atomic E-state index is 0. The molecule has 1 aromatic rings. The molecule has 0 spiro atoms. The van der Waals surface area contributed by atoms with Crippen molar-refractivity contribution in [2.45, 2.75) is 52.5 Å². The van der Waals surface area contributed by atoms with Crippen LogP contribution in [-0.2, 0) is 4.79 Å². The summed E-state index contributed by atoms with van der Waals surface area (Å²) in [7, 11) is 0. The van der Waals surface area contributed by atoms with Crippen molar-refractivity contribution in [2.24, 2.45) is 4.99 Å². The van der Waals surface area contributed by atoms with Crippen LogP contribution in [0, 0.1) is 13.8 Å². The van der Waals surface area contributed by atoms with Gasteiger partial charge >= 0.3 is 0 Å². The van der Waals surface area contributed by atoms with E-state index in [4.69, 9.17) is 0 Å². The van der Waals surface area contributed by atoms with Crippen LogP contribution in [0.15, 0.2) is 23.2 Å². The minimum Gasteiger partial charge on any atom is -0.362 e. The molecule has 0 fully saturated rings. The summed E-state index contributed by atoms with van der Waals surface area (Å²) in [5, 5.41) is 6.28. The highest BCUT2D eigenvalue weighted by molar-refractivity contribution is 5.98. The summed E-state index contributed by atoms with van der Waals surface area (Å²) >= 11 is 0. The van der Waals surface area contributed by atoms with Crippen molar-refractivity contribution in [3.63, 3.8) is 0 Å². The Morgan fingerprint density at radius 2 is 1.86 bits per heavy atom. The van der Waals surface area contributed by atoms with Gasteiger partial charge in [-0.15, -0.1) is 12.4 Å². The van der Waals surface area contributed by atoms with E-state index in [1.54, 1.807) is 0 Å². The van der Waals surface area contributed by atoms with Gasteiger partial charge in [0.05, 0.1) is 5.84 Å². The number of para-hydroxylation sites is 1. The van der Waals surface area contributed by atoms with Crippen molar-refractivity contribution in [3.05, 3.63) is 29.3 Å². The number of benzene rings is 1. The number of halogens is 1. The van der Waals surface area contributed by atoms with E-state index >= 15 is 0 Å². The summed E-state index contributed by atoms with van der Waals surface area (Å²) in [6, 6.07) is 5.75. The molecule has 5 heteroatoms. The highest BCUT2D eigenvalue weighted by Crippen LogP contribution is 2.19. The lowest BCUT2D eigenvalue weighted by molar-refractivity contribution is -0.117. The fourth-order valence-electron chi connectivity index (χ4n) is 2.55. The van der Waals surface area contributed by atoms with E-state index in [-0.39, 0.29) is 24.4 Å². The normalized spacial score (nSPS) is 15.9. The Labute approximate surface area is 139 Å². The van der Waals surface area contributed by atoms with Gasteiger partial charge in [0.15, 0.2) is 0 Å². The molecule has 1 unspecified atom stereocenters. The van der Waals surface area contributed by atoms with Crippen LogP contribution in [0.3, 0.4) is 0 Å². The van der Waals surface area contributed by atoms with Crippen molar-refractivity contribution in [1.82, 2.24) is 5.32 Å². The van der Waals surface area contributed by atoms with E-state index in [9.17, 15) is 4.79 Å². The van der Waals surface area contributed by atoms with Crippen molar-refractivity contribution < 1.29 is 4.79 Å². The number of nitrogens with one attached hydrogen (secondary N) is 2. The summed E-state index contributed by atoms with van der Waals surface area (Å²) in [4.78, 5) is 16.9. The third kappa shape index (κ3) is 5.02. The van der Waals surface area contributed by atoms with Gasteiger partial charge in [0.1, 0.15) is 6.04 Å². The molecule has 0 saturated heterocycles. The molecule has 1 aliphatic heterocycles. The highest BCUT2D eigenvalue weighted by atomic mass is 35.5. The average molecular weight is 324 g/mol. The molecule has 0 aromatic heterocycles. The molecule has 1 heterocycles. The second kappa shape index (κ2) is 8.79. The number of amides is 1. The van der Waals surface area contributed by atoms with Gasteiger partial charge in [0.25, 0.3) is 0 Å². The van der Waals surface area contributed by atoms with Crippen LogP contribution >= 0.6 is 12.4 Å². The number of aliphatic imine (C=N–C) groups is 1. The Hall–Kier alpha value is -1.55. The Bertz CT molecular complexity index is 522. The van der Waals surface area contributed by atoms with Gasteiger partial charge in [0, 0.05) is 18.7 Å². The van der Waals surface area contributed by atoms with Crippen LogP contribution in [-0.4, -0.2) is 24.3 Å². The first kappa shape index (κ1) is 18.5. The molecule has 0 saturated carbocycles. The molecule has 1 aliphatic rings. The van der Waals surface area contributed by atoms with Crippen molar-refractivity contribution >= 4 is 29.8 Å². The van der Waals surface area contributed by atoms with Crippen molar-refractivity contribution in [1.29, 1.82) is 0 Å². The quantitative estimate of drug-likeness (QED) is 0.892. The first-order valence-corrected chi connectivity index (χ1v) is 7.75. The Kier molecular flexibility index (Phi) is 7.39. The number of amidine groups is 1. The SMILES string of the molecule is Cc1cccc(C)c1NC(=O)C(C)NC1=NCCCCC1.Cl. The van der Waals surface area contributed by atoms with E-state index < -0.39 is 0 Å². The maximum Gasteiger partial charge on any atom is 0.246 e. The molecule has 0 aliphatic carbocycles. The second-order valence-corrected chi connectivity index (χ2v) is 5.76. The van der Waals surface area contributed by atoms with E-state index in [0.29, 0.717) is 0 Å². The van der Waals surface area contributed by atoms with Crippen LogP contribution < -0.4 is 10.6 Å². The van der Waals surface area contributed by atoms with E-state index in [1.807, 2.05) is 39.0 Å². The molecule has 2 rings (SSSR count). The molecular weight excluding hydrogens is 298 g/mol. The Morgan fingerprint density at radius 1 is 1.18 bits per heavy atom. The predicted octanol–water partition coefficient (Wildman–Crippen LogP) is 3.61. The second-order valence-electron chi connectivity index (χ2n) is 5.76. The zero-order valence-corrected chi connectivity index (χ0v) is 14.4. The molecule has 0 bridgehead atoms. The van der Waals surface area contributed by atoms with Crippen LogP contribution in [0.4, 0.5) is 5.69 Å². The summed E-state index contributed by atoms with van der Waals surface area (Å²) in [5.74, 6) is 0.955. The van der Waals surface area contributed by atoms with Crippen molar-refractivity contribution in [3.8, 4) is 0 Å². The molecule has 0 radical (unpaired) electrons. The van der Waals surface area contributed by atoms with Crippen LogP contribution in [0.25, 0.3) is 0 Å². The molecule has 122 valence electrons. The maximum atomic E-state index is 12.3. The number of anilines is 1. The van der Waals surface area contributed by atoms with Crippen LogP contribution in [0.2, 0.25) is 0 Å². The van der Waals surface area contributed by atoms with Gasteiger partial charge in [-0.05, 0) is 44.7 Å². The summed E-state index contributed by atoms with van der Waals surface area (Å²) in [5.41, 5.74) is 3.09. The zero-order chi connectivity index (χ0) is 15.2. The molecule has 22 heavy (non-hydrogen) atoms. The summed E-state index contributed by atoms with van der Waals surface area (Å²) in [6.07, 6.45) is 4.46. The Morgan fingerprint density at radius 3 is 2.55 bits per heavy atom. The first-order chi connectivity index (χ1) is 10.1. The van der Waals surface area contributed by atoms with Gasteiger partial charge < -0.3 is 10.6 Å². The van der Waals surface area contributed by atoms with Crippen molar-refractivity contribution in [2.75, 3.05) is 11.9 Å². The van der Waals surface area contributed by atoms with Crippen LogP contribution in [0.5, 0.6) is 0 Å². The average Bonchev–Trinajstić information content (AvgIpc) is 2.71. The van der Waals surface area contributed by atoms with Gasteiger partial charge in [-0.25, -0.2) is 0 Å². The van der Waals surface area contributed by atoms with E-state index in [2.05, 4.69) is 15.6 Å². The van der Waals surface area contributed by atoms with Gasteiger partial charge in [-0.3, -0.25) is 9.79 Å². The smallest absolute Gasteiger partial charge is 0.246 e. The number of carbonyl (C=O) groups is 1. The highest BCUT2D eigenvalue weighted by Gasteiger charge is 2.16. The van der Waals surface area contributed by atoms with E-state index in [0.717, 1.165) is 48.5 Å². The van der Waals surface area contributed by atoms with Gasteiger partial charge in [-0.2, -0.15) is 0 Å². The number of nitrogens with zero attached hydrogens (tertiary/aromatic N) is 1. The number of rotatable bonds is 3. The topological polar surface area (TPSA) is 53.5 Å². The molecule has 1 aromatic carbocycles. The third-order valence-electron chi connectivity index (χ3n) is 3.88. The fourth-order valence-corrected chi connectivity index (χ4v) is 2.55. The number of hydrogen-bond donors (Lipinski definition) is 2. The molecule has 4 nitrogen and oxygen atoms in total. The molecular formula is C17H26ClN3O. The monoisotopic (exact) mass is 323 g/mol. The number of carbonyl (C=O) groups excluding carboxylic acids is 1. The predicted molar refractivity (Wildman–Crippen MR) is 95.2 cm³/mol. The molecule has 2 N–H and O–H groups in total. The fraction of sp³-hybridized carbons (Fsp3) is 0.529. The lowest BCUT2D eigenvalue weighted by Crippen LogP contribution is -2.41. The minimum atomic E-state index is -0.277. The van der Waals surface area contributed by atoms with E-state index in [1.165, 1.54) is 6.42 Å². The largest absolute Gasteiger partial charge is 0.362 e. The Balaban J connectivity index is 0.00000242. The van der Waals surface area contributed by atoms with Crippen LogP contribution in [0.1, 0.15) is 43.7 Å². The zero-order valence-electron chi connectivity index (χ0n) is 13.6. The third-order valence-corrected chi connectivity index (χ3v) is 3.88. The lowest BCUT2D eigenvalue weighted by Gasteiger charge is -2.18. The van der Waals surface area contributed by atoms with Gasteiger partial charge in [0.2, 0.25) is 5.91 Å². The summed E-state index contributed by atoms with van der Waals surface area (Å²) < 4.78 is 0.